The van der Waals surface area contributed by atoms with Gasteiger partial charge in [0.25, 0.3) is 0 Å². The summed E-state index contributed by atoms with van der Waals surface area (Å²) in [4.78, 5) is 31.4. The van der Waals surface area contributed by atoms with Crippen LogP contribution in [0, 0.1) is 5.92 Å². The Balaban J connectivity index is 1.38. The van der Waals surface area contributed by atoms with Crippen molar-refractivity contribution in [3.8, 4) is 5.69 Å². The fourth-order valence-corrected chi connectivity index (χ4v) is 4.55. The lowest BCUT2D eigenvalue weighted by Gasteiger charge is -2.37. The average molecular weight is 396 g/mol. The molecule has 0 spiro atoms. The molecule has 7 heteroatoms. The van der Waals surface area contributed by atoms with E-state index in [1.165, 1.54) is 32.0 Å². The van der Waals surface area contributed by atoms with Crippen molar-refractivity contribution in [3.63, 3.8) is 0 Å². The average Bonchev–Trinajstić information content (AvgIpc) is 3.15. The summed E-state index contributed by atoms with van der Waals surface area (Å²) < 4.78 is 1.70. The van der Waals surface area contributed by atoms with Crippen LogP contribution in [0.5, 0.6) is 0 Å². The van der Waals surface area contributed by atoms with Gasteiger partial charge in [-0.05, 0) is 30.9 Å². The third kappa shape index (κ3) is 4.66. The van der Waals surface area contributed by atoms with Crippen molar-refractivity contribution in [2.24, 2.45) is 5.92 Å². The van der Waals surface area contributed by atoms with Gasteiger partial charge in [-0.1, -0.05) is 43.9 Å². The lowest BCUT2D eigenvalue weighted by molar-refractivity contribution is -0.141. The first-order chi connectivity index (χ1) is 14.2. The van der Waals surface area contributed by atoms with Gasteiger partial charge >= 0.3 is 0 Å². The number of piperidine rings is 1. The van der Waals surface area contributed by atoms with Crippen molar-refractivity contribution in [1.29, 1.82) is 0 Å². The van der Waals surface area contributed by atoms with E-state index in [9.17, 15) is 9.59 Å². The molecule has 1 saturated carbocycles. The van der Waals surface area contributed by atoms with Gasteiger partial charge in [-0.2, -0.15) is 5.10 Å². The van der Waals surface area contributed by atoms with Crippen molar-refractivity contribution >= 4 is 11.8 Å². The van der Waals surface area contributed by atoms with Crippen LogP contribution in [0.1, 0.15) is 56.9 Å². The van der Waals surface area contributed by atoms with Gasteiger partial charge in [0.15, 0.2) is 0 Å². The van der Waals surface area contributed by atoms with Gasteiger partial charge < -0.3 is 10.2 Å². The molecular weight excluding hydrogens is 366 g/mol. The second-order valence-electron chi connectivity index (χ2n) is 8.11. The summed E-state index contributed by atoms with van der Waals surface area (Å²) in [6.07, 6.45) is 11.3. The van der Waals surface area contributed by atoms with E-state index in [1.807, 2.05) is 29.2 Å². The molecule has 0 unspecified atom stereocenters. The maximum atomic E-state index is 12.9. The lowest BCUT2D eigenvalue weighted by atomic mass is 9.93. The first-order valence-electron chi connectivity index (χ1n) is 10.7. The predicted molar refractivity (Wildman–Crippen MR) is 109 cm³/mol. The standard InChI is InChI=1S/C22H29N5O2/c28-21-12-11-18(14-26(21)19-8-3-1-2-4-9-19)22(29)24-13-17-7-5-6-10-20(17)27-16-23-15-25-27/h5-7,10,15-16,18-19H,1-4,8-9,11-14H2,(H,24,29)/t18-/m1/s1. The zero-order valence-corrected chi connectivity index (χ0v) is 16.8. The maximum Gasteiger partial charge on any atom is 0.225 e. The zero-order valence-electron chi connectivity index (χ0n) is 16.8. The van der Waals surface area contributed by atoms with Gasteiger partial charge in [-0.25, -0.2) is 9.67 Å². The molecule has 1 aliphatic carbocycles. The second kappa shape index (κ2) is 9.20. The van der Waals surface area contributed by atoms with Crippen LogP contribution in [-0.2, 0) is 16.1 Å². The molecule has 0 bridgehead atoms. The number of benzene rings is 1. The minimum Gasteiger partial charge on any atom is -0.352 e. The molecule has 1 atom stereocenters. The molecule has 2 amide bonds. The summed E-state index contributed by atoms with van der Waals surface area (Å²) in [5, 5.41) is 7.27. The number of hydrogen-bond donors (Lipinski definition) is 1. The molecule has 2 heterocycles. The highest BCUT2D eigenvalue weighted by Gasteiger charge is 2.34. The summed E-state index contributed by atoms with van der Waals surface area (Å²) in [5.41, 5.74) is 1.89. The van der Waals surface area contributed by atoms with E-state index in [-0.39, 0.29) is 17.7 Å². The fraction of sp³-hybridized carbons (Fsp3) is 0.545. The SMILES string of the molecule is O=C(NCc1ccccc1-n1cncn1)[C@@H]1CCC(=O)N(C2CCCCCC2)C1. The van der Waals surface area contributed by atoms with Crippen LogP contribution in [-0.4, -0.2) is 44.1 Å². The van der Waals surface area contributed by atoms with E-state index in [0.717, 1.165) is 24.1 Å². The first kappa shape index (κ1) is 19.6. The minimum atomic E-state index is -0.130. The predicted octanol–water partition coefficient (Wildman–Crippen LogP) is 2.84. The van der Waals surface area contributed by atoms with Gasteiger partial charge in [0.2, 0.25) is 11.8 Å². The van der Waals surface area contributed by atoms with Crippen LogP contribution in [0.15, 0.2) is 36.9 Å². The highest BCUT2D eigenvalue weighted by molar-refractivity contribution is 5.84. The molecule has 29 heavy (non-hydrogen) atoms. The number of nitrogens with one attached hydrogen (secondary N) is 1. The Morgan fingerprint density at radius 2 is 1.90 bits per heavy atom. The summed E-state index contributed by atoms with van der Waals surface area (Å²) in [6.45, 7) is 0.989. The van der Waals surface area contributed by atoms with Gasteiger partial charge in [-0.15, -0.1) is 0 Å². The molecule has 0 radical (unpaired) electrons. The summed E-state index contributed by atoms with van der Waals surface area (Å²) in [7, 11) is 0. The van der Waals surface area contributed by atoms with E-state index >= 15 is 0 Å². The van der Waals surface area contributed by atoms with E-state index in [1.54, 1.807) is 11.0 Å². The molecule has 1 aromatic carbocycles. The Morgan fingerprint density at radius 3 is 2.66 bits per heavy atom. The van der Waals surface area contributed by atoms with Gasteiger partial charge in [0, 0.05) is 25.6 Å². The van der Waals surface area contributed by atoms with E-state index < -0.39 is 0 Å². The van der Waals surface area contributed by atoms with Crippen molar-refractivity contribution < 1.29 is 9.59 Å². The van der Waals surface area contributed by atoms with Gasteiger partial charge in [-0.3, -0.25) is 9.59 Å². The molecule has 154 valence electrons. The highest BCUT2D eigenvalue weighted by atomic mass is 16.2. The fourth-order valence-electron chi connectivity index (χ4n) is 4.55. The van der Waals surface area contributed by atoms with Gasteiger partial charge in [0.1, 0.15) is 12.7 Å². The molecule has 7 nitrogen and oxygen atoms in total. The topological polar surface area (TPSA) is 80.1 Å². The number of likely N-dealkylation sites (tertiary alicyclic amines) is 1. The van der Waals surface area contributed by atoms with Crippen LogP contribution in [0.4, 0.5) is 0 Å². The molecule has 4 rings (SSSR count). The molecule has 1 N–H and O–H groups in total. The van der Waals surface area contributed by atoms with Crippen LogP contribution in [0.2, 0.25) is 0 Å². The normalized spacial score (nSPS) is 21.0. The largest absolute Gasteiger partial charge is 0.352 e. The smallest absolute Gasteiger partial charge is 0.225 e. The van der Waals surface area contributed by atoms with Crippen LogP contribution in [0.3, 0.4) is 0 Å². The summed E-state index contributed by atoms with van der Waals surface area (Å²) >= 11 is 0. The Kier molecular flexibility index (Phi) is 6.22. The lowest BCUT2D eigenvalue weighted by Crippen LogP contribution is -2.49. The van der Waals surface area contributed by atoms with E-state index in [4.69, 9.17) is 0 Å². The molecule has 1 aromatic heterocycles. The molecule has 1 saturated heterocycles. The Bertz CT molecular complexity index is 827. The quantitative estimate of drug-likeness (QED) is 0.790. The number of carbonyl (C=O) groups excluding carboxylic acids is 2. The molecular formula is C22H29N5O2. The molecule has 2 aliphatic rings. The highest BCUT2D eigenvalue weighted by Crippen LogP contribution is 2.27. The van der Waals surface area contributed by atoms with Crippen molar-refractivity contribution in [1.82, 2.24) is 25.0 Å². The number of rotatable bonds is 5. The first-order valence-corrected chi connectivity index (χ1v) is 10.7. The monoisotopic (exact) mass is 395 g/mol. The number of nitrogens with zero attached hydrogens (tertiary/aromatic N) is 4. The molecule has 1 aliphatic heterocycles. The van der Waals surface area contributed by atoms with E-state index in [0.29, 0.717) is 32.0 Å². The number of amides is 2. The molecule has 2 fully saturated rings. The zero-order chi connectivity index (χ0) is 20.1. The Labute approximate surface area is 171 Å². The summed E-state index contributed by atoms with van der Waals surface area (Å²) in [5.74, 6) is 0.122. The molecule has 2 aromatic rings. The van der Waals surface area contributed by atoms with Crippen LogP contribution in [0.25, 0.3) is 5.69 Å². The maximum absolute atomic E-state index is 12.9. The minimum absolute atomic E-state index is 0.0320. The van der Waals surface area contributed by atoms with Gasteiger partial charge in [0.05, 0.1) is 11.6 Å². The van der Waals surface area contributed by atoms with Crippen LogP contribution >= 0.6 is 0 Å². The number of carbonyl (C=O) groups is 2. The Hall–Kier alpha value is -2.70. The van der Waals surface area contributed by atoms with Crippen molar-refractivity contribution in [2.45, 2.75) is 64.0 Å². The summed E-state index contributed by atoms with van der Waals surface area (Å²) in [6, 6.07) is 8.16. The third-order valence-electron chi connectivity index (χ3n) is 6.19. The number of para-hydroxylation sites is 1. The van der Waals surface area contributed by atoms with E-state index in [2.05, 4.69) is 15.4 Å². The van der Waals surface area contributed by atoms with Crippen LogP contribution < -0.4 is 5.32 Å². The van der Waals surface area contributed by atoms with Crippen molar-refractivity contribution in [3.05, 3.63) is 42.5 Å². The number of aromatic nitrogens is 3. The Morgan fingerprint density at radius 1 is 1.10 bits per heavy atom. The number of hydrogen-bond acceptors (Lipinski definition) is 4. The third-order valence-corrected chi connectivity index (χ3v) is 6.19. The van der Waals surface area contributed by atoms with Crippen molar-refractivity contribution in [2.75, 3.05) is 6.54 Å². The second-order valence-corrected chi connectivity index (χ2v) is 8.11.